The van der Waals surface area contributed by atoms with Crippen LogP contribution in [0, 0.1) is 44.9 Å². The van der Waals surface area contributed by atoms with Crippen molar-refractivity contribution in [3.63, 3.8) is 0 Å². The van der Waals surface area contributed by atoms with Crippen molar-refractivity contribution in [3.05, 3.63) is 269 Å². The van der Waals surface area contributed by atoms with Gasteiger partial charge in [-0.25, -0.2) is 51.7 Å². The number of nitriles is 1. The van der Waals surface area contributed by atoms with Gasteiger partial charge in [0.15, 0.2) is 11.6 Å². The van der Waals surface area contributed by atoms with Crippen molar-refractivity contribution < 1.29 is 71.0 Å². The predicted octanol–water partition coefficient (Wildman–Crippen LogP) is 12.6. The molecule has 3 fully saturated rings. The molecule has 3 saturated heterocycles. The number of rotatable bonds is 15. The van der Waals surface area contributed by atoms with E-state index in [9.17, 15) is 66.0 Å². The lowest BCUT2D eigenvalue weighted by Crippen LogP contribution is -2.32. The molecule has 9 amide bonds. The molecule has 0 saturated carbocycles. The second kappa shape index (κ2) is 47.5. The molecule has 0 unspecified atom stereocenters. The minimum atomic E-state index is -1.28. The Labute approximate surface area is 694 Å². The largest absolute Gasteiger partial charge is 0.507 e. The van der Waals surface area contributed by atoms with Gasteiger partial charge in [-0.05, 0) is 141 Å². The van der Waals surface area contributed by atoms with Gasteiger partial charge in [0.2, 0.25) is 0 Å². The van der Waals surface area contributed by atoms with E-state index in [1.165, 1.54) is 85.5 Å². The van der Waals surface area contributed by atoms with Gasteiger partial charge in [0.1, 0.15) is 44.2 Å². The average Bonchev–Trinajstić information content (AvgIpc) is 1.34. The molecule has 10 aromatic rings. The maximum Gasteiger partial charge on any atom is 0.340 e. The van der Waals surface area contributed by atoms with Crippen LogP contribution in [0.15, 0.2) is 176 Å². The van der Waals surface area contributed by atoms with Crippen molar-refractivity contribution in [1.82, 2.24) is 44.6 Å². The third kappa shape index (κ3) is 31.7. The summed E-state index contributed by atoms with van der Waals surface area (Å²) < 4.78 is 56.9. The number of hydrogen-bond acceptors (Lipinski definition) is 23. The normalized spacial score (nSPS) is 11.9. The Morgan fingerprint density at radius 2 is 0.891 bits per heavy atom. The summed E-state index contributed by atoms with van der Waals surface area (Å²) in [6, 6.07) is 27.1. The third-order valence-electron chi connectivity index (χ3n) is 16.1. The Bertz CT molecular complexity index is 5000. The second-order valence-corrected chi connectivity index (χ2v) is 26.2. The van der Waals surface area contributed by atoms with Crippen LogP contribution in [0.3, 0.4) is 0 Å². The number of nitrogens with one attached hydrogen (secondary N) is 6. The number of carboxylic acid groups (broad SMARTS) is 1. The Kier molecular flexibility index (Phi) is 37.3. The van der Waals surface area contributed by atoms with Gasteiger partial charge in [-0.3, -0.25) is 39.3 Å². The number of aromatic hydroxyl groups is 1. The number of nitrogens with zero attached hydrogens (tertiary/aromatic N) is 10. The van der Waals surface area contributed by atoms with Crippen molar-refractivity contribution in [2.75, 3.05) is 83.1 Å². The number of nitrogens with two attached hydrogens (primary N) is 6. The van der Waals surface area contributed by atoms with Crippen LogP contribution in [0.1, 0.15) is 91.1 Å². The van der Waals surface area contributed by atoms with E-state index in [1.807, 2.05) is 24.3 Å². The quantitative estimate of drug-likeness (QED) is 0.0113. The van der Waals surface area contributed by atoms with Gasteiger partial charge >= 0.3 is 24.1 Å². The van der Waals surface area contributed by atoms with Crippen molar-refractivity contribution in [3.8, 4) is 17.8 Å². The van der Waals surface area contributed by atoms with Crippen molar-refractivity contribution in [2.45, 2.75) is 51.6 Å². The van der Waals surface area contributed by atoms with Crippen LogP contribution >= 0.6 is 46.4 Å². The number of non-ortho nitro benzene ring substituents is 1. The third-order valence-corrected chi connectivity index (χ3v) is 17.0. The first kappa shape index (κ1) is 93.5. The number of primary amides is 3. The Morgan fingerprint density at radius 1 is 0.521 bits per heavy atom. The predicted molar refractivity (Wildman–Crippen MR) is 438 cm³/mol. The van der Waals surface area contributed by atoms with Crippen LogP contribution < -0.4 is 71.3 Å². The van der Waals surface area contributed by atoms with Crippen molar-refractivity contribution in [2.24, 2.45) is 17.2 Å². The lowest BCUT2D eigenvalue weighted by atomic mass is 10.2. The van der Waals surface area contributed by atoms with Crippen LogP contribution in [-0.4, -0.2) is 141 Å². The topological polar surface area (TPSA) is 559 Å². The van der Waals surface area contributed by atoms with E-state index in [1.54, 1.807) is 51.6 Å². The summed E-state index contributed by atoms with van der Waals surface area (Å²) in [6.45, 7) is 5.44. The number of nitro groups is 1. The van der Waals surface area contributed by atoms with Crippen LogP contribution in [0.4, 0.5) is 83.1 Å². The molecule has 3 aliphatic rings. The average molecular weight is 1720 g/mol. The number of carboxylic acids is 1. The number of likely N-dealkylation sites (tertiary alicyclic amines) is 3. The number of anilines is 8. The highest BCUT2D eigenvalue weighted by Crippen LogP contribution is 2.27. The molecule has 624 valence electrons. The van der Waals surface area contributed by atoms with Gasteiger partial charge in [0.25, 0.3) is 35.2 Å². The number of aromatic amines is 1. The zero-order chi connectivity index (χ0) is 87.3. The minimum Gasteiger partial charge on any atom is -0.507 e. The van der Waals surface area contributed by atoms with Crippen LogP contribution in [0.25, 0.3) is 0 Å². The molecule has 6 aromatic heterocycles. The molecule has 3 aliphatic heterocycles. The monoisotopic (exact) mass is 1720 g/mol. The van der Waals surface area contributed by atoms with Crippen LogP contribution in [0.2, 0.25) is 20.5 Å². The summed E-state index contributed by atoms with van der Waals surface area (Å²) in [4.78, 5) is 125. The fourth-order valence-corrected chi connectivity index (χ4v) is 10.9. The molecule has 35 nitrogen and oxygen atoms in total. The zero-order valence-electron chi connectivity index (χ0n) is 62.4. The molecule has 0 aliphatic carbocycles. The number of aromatic nitrogens is 6. The molecular formula is C76H76Cl4F4N22O13. The zero-order valence-corrected chi connectivity index (χ0v) is 65.4. The van der Waals surface area contributed by atoms with Gasteiger partial charge in [-0.15, -0.1) is 5.26 Å². The summed E-state index contributed by atoms with van der Waals surface area (Å²) in [6.07, 6.45) is 19.0. The number of nitrogen functional groups attached to an aromatic ring is 3. The van der Waals surface area contributed by atoms with E-state index in [4.69, 9.17) is 96.3 Å². The summed E-state index contributed by atoms with van der Waals surface area (Å²) in [5.41, 5.74) is 36.5. The number of H-pyrrole nitrogens is 1. The first-order valence-electron chi connectivity index (χ1n) is 34.9. The van der Waals surface area contributed by atoms with E-state index < -0.39 is 68.9 Å². The summed E-state index contributed by atoms with van der Waals surface area (Å²) in [7, 11) is 0. The number of carbonyl (C=O) groups excluding carboxylic acids is 6. The SMILES string of the molecule is N#COc1cc([N+](=O)[O-])ccc1F.NC(=O)c1cnc(Cl)cc1Cl.NC(=O)c1cnc(Cl)cc1NCc1cccnc1.NC(=O)c1cnc(Cl)cc1NCc1cccnc1.Nc1ccc(F)c(NC(=O)N2CCCC2)c1.Nc1ccc(F)c(NC(=O)N2CCCC2)c1.Nc1ccc(F)c(NC(=O)N2CCCC2)c1.O=C(O)c1c[nH]c(=O)cc1O. The molecule has 43 heteroatoms. The summed E-state index contributed by atoms with van der Waals surface area (Å²) in [5.74, 6) is -6.19. The van der Waals surface area contributed by atoms with Gasteiger partial charge in [0.05, 0.1) is 61.1 Å². The smallest absolute Gasteiger partial charge is 0.340 e. The molecule has 0 spiro atoms. The number of aromatic carboxylic acids is 1. The molecule has 20 N–H and O–H groups in total. The fourth-order valence-electron chi connectivity index (χ4n) is 10.2. The van der Waals surface area contributed by atoms with E-state index in [-0.39, 0.29) is 62.1 Å². The number of pyridine rings is 6. The Balaban J connectivity index is 0.000000212. The standard InChI is InChI=1S/2C12H11ClN4O.3C11H14FN3O.C7H3FN2O3.C6H4Cl2N2O.C6H5NO4/c2*13-11-4-10(9(7-17-11)12(14)18)16-6-8-2-1-3-15-5-8;3*12-9-4-3-8(13)7-10(9)14-11(16)15-5-1-2-6-15;8-6-2-1-5(10(11)12)3-7(6)13-4-9;7-4-1-5(8)10-2-3(4)6(9)11;8-4-1-5(9)7-2-3(4)6(10)11/h2*1-5,7H,6H2,(H2,14,18)(H,16,17);3*3-4,7H,1-2,5-6,13H2,(H,14,16);1-3H;1-2H,(H2,9,11);1-2H,(H,10,11)(H2,7,8,9). The number of nitro benzene ring substituents is 1. The summed E-state index contributed by atoms with van der Waals surface area (Å²) >= 11 is 22.6. The molecule has 0 bridgehead atoms. The minimum absolute atomic E-state index is 0.136. The first-order chi connectivity index (χ1) is 56.7. The lowest BCUT2D eigenvalue weighted by Gasteiger charge is -2.16. The molecular weight excluding hydrogens is 1650 g/mol. The molecule has 4 aromatic carbocycles. The number of benzene rings is 4. The number of carbonyl (C=O) groups is 7. The van der Waals surface area contributed by atoms with Crippen LogP contribution in [0.5, 0.6) is 11.5 Å². The molecule has 0 atom stereocenters. The molecule has 13 rings (SSSR count). The number of urea groups is 3. The van der Waals surface area contributed by atoms with E-state index >= 15 is 0 Å². The number of ether oxygens (including phenoxy) is 1. The van der Waals surface area contributed by atoms with Gasteiger partial charge in [-0.2, -0.15) is 0 Å². The second-order valence-electron chi connectivity index (χ2n) is 24.7. The molecule has 0 radical (unpaired) electrons. The number of hydrogen-bond donors (Lipinski definition) is 14. The number of halogens is 8. The van der Waals surface area contributed by atoms with E-state index in [0.717, 1.165) is 119 Å². The van der Waals surface area contributed by atoms with Crippen LogP contribution in [-0.2, 0) is 13.1 Å². The highest BCUT2D eigenvalue weighted by atomic mass is 35.5. The Hall–Kier alpha value is -14.4. The maximum atomic E-state index is 13.3. The first-order valence-corrected chi connectivity index (χ1v) is 36.5. The fraction of sp³-hybridized carbons (Fsp3) is 0.184. The van der Waals surface area contributed by atoms with Crippen molar-refractivity contribution in [1.29, 1.82) is 5.26 Å². The Morgan fingerprint density at radius 3 is 1.22 bits per heavy atom. The lowest BCUT2D eigenvalue weighted by molar-refractivity contribution is -0.385. The molecule has 119 heavy (non-hydrogen) atoms. The van der Waals surface area contributed by atoms with Crippen molar-refractivity contribution >= 4 is 139 Å². The highest BCUT2D eigenvalue weighted by Gasteiger charge is 2.23. The molecule has 9 heterocycles. The van der Waals surface area contributed by atoms with Gasteiger partial charge in [0, 0.05) is 131 Å². The summed E-state index contributed by atoms with van der Waals surface area (Å²) in [5, 5.41) is 50.3. The van der Waals surface area contributed by atoms with E-state index in [0.29, 0.717) is 63.0 Å². The highest BCUT2D eigenvalue weighted by molar-refractivity contribution is 6.36. The number of amides is 9. The maximum absolute atomic E-state index is 13.3. The van der Waals surface area contributed by atoms with E-state index in [2.05, 4.69) is 61.2 Å². The van der Waals surface area contributed by atoms with Gasteiger partial charge in [-0.1, -0.05) is 58.5 Å². The van der Waals surface area contributed by atoms with Gasteiger partial charge < -0.3 is 95.6 Å².